The first-order valence-electron chi connectivity index (χ1n) is 10.1. The molecule has 0 aliphatic carbocycles. The predicted octanol–water partition coefficient (Wildman–Crippen LogP) is 6.19. The van der Waals surface area contributed by atoms with Crippen LogP contribution >= 0.6 is 0 Å². The summed E-state index contributed by atoms with van der Waals surface area (Å²) < 4.78 is 19.8. The predicted molar refractivity (Wildman–Crippen MR) is 119 cm³/mol. The lowest BCUT2D eigenvalue weighted by Gasteiger charge is -2.17. The molecule has 0 aliphatic heterocycles. The van der Waals surface area contributed by atoms with Crippen LogP contribution < -0.4 is 4.57 Å². The maximum atomic E-state index is 15.3. The van der Waals surface area contributed by atoms with Crippen LogP contribution in [0, 0.1) is 33.5 Å². The number of benzene rings is 3. The van der Waals surface area contributed by atoms with Gasteiger partial charge in [-0.1, -0.05) is 24.3 Å². The van der Waals surface area contributed by atoms with Gasteiger partial charge >= 0.3 is 0 Å². The zero-order chi connectivity index (χ0) is 20.2. The van der Waals surface area contributed by atoms with E-state index in [0.717, 1.165) is 33.1 Å². The minimum absolute atomic E-state index is 0.0990. The zero-order valence-electron chi connectivity index (χ0n) is 17.3. The number of rotatable bonds is 0. The van der Waals surface area contributed by atoms with Crippen LogP contribution in [0.1, 0.15) is 22.3 Å². The zero-order valence-corrected chi connectivity index (χ0v) is 17.3. The van der Waals surface area contributed by atoms with E-state index in [1.807, 2.05) is 13.8 Å². The van der Waals surface area contributed by atoms with Crippen molar-refractivity contribution >= 4 is 49.0 Å². The van der Waals surface area contributed by atoms with Crippen molar-refractivity contribution in [3.63, 3.8) is 0 Å². The van der Waals surface area contributed by atoms with Gasteiger partial charge in [-0.05, 0) is 55.8 Å². The second-order valence-corrected chi connectivity index (χ2v) is 8.42. The van der Waals surface area contributed by atoms with Gasteiger partial charge in [-0.3, -0.25) is 0 Å². The summed E-state index contributed by atoms with van der Waals surface area (Å²) in [4.78, 5) is 0. The molecule has 3 aromatic carbocycles. The highest BCUT2D eigenvalue weighted by molar-refractivity contribution is 6.28. The van der Waals surface area contributed by atoms with E-state index in [-0.39, 0.29) is 5.82 Å². The van der Waals surface area contributed by atoms with Gasteiger partial charge in [0.1, 0.15) is 12.9 Å². The third-order valence-corrected chi connectivity index (χ3v) is 6.88. The van der Waals surface area contributed by atoms with E-state index in [1.165, 1.54) is 38.1 Å². The highest BCUT2D eigenvalue weighted by atomic mass is 19.1. The molecule has 2 nitrogen and oxygen atoms in total. The van der Waals surface area contributed by atoms with E-state index >= 15 is 4.39 Å². The molecule has 0 amide bonds. The smallest absolute Gasteiger partial charge is 0.224 e. The van der Waals surface area contributed by atoms with Crippen LogP contribution in [0.3, 0.4) is 0 Å². The third kappa shape index (κ3) is 1.79. The molecular weight excluding hydrogens is 359 g/mol. The Kier molecular flexibility index (Phi) is 3.02. The molecule has 6 rings (SSSR count). The van der Waals surface area contributed by atoms with Crippen molar-refractivity contribution in [3.05, 3.63) is 70.7 Å². The molecule has 0 unspecified atom stereocenters. The number of fused-ring (bicyclic) bond motifs is 6. The molecular formula is C26H22FN2+. The second kappa shape index (κ2) is 5.24. The molecule has 0 fully saturated rings. The van der Waals surface area contributed by atoms with Gasteiger partial charge in [-0.15, -0.1) is 0 Å². The summed E-state index contributed by atoms with van der Waals surface area (Å²) in [5.74, 6) is -0.0990. The molecule has 0 saturated carbocycles. The summed E-state index contributed by atoms with van der Waals surface area (Å²) in [7, 11) is 2.09. The lowest BCUT2D eigenvalue weighted by Crippen LogP contribution is -2.29. The fraction of sp³-hybridized carbons (Fsp3) is 0.192. The summed E-state index contributed by atoms with van der Waals surface area (Å²) >= 11 is 0. The number of nitrogens with zero attached hydrogens (tertiary/aromatic N) is 2. The SMILES string of the molecule is Cc1c(F)c(C)c2c(c1C)c1c3c(cc[n+]1C)cc(C)c1c4ccccc4n2c13. The van der Waals surface area contributed by atoms with Crippen LogP contribution in [0.5, 0.6) is 0 Å². The van der Waals surface area contributed by atoms with Crippen molar-refractivity contribution in [2.45, 2.75) is 27.7 Å². The van der Waals surface area contributed by atoms with Gasteiger partial charge in [0, 0.05) is 22.4 Å². The summed E-state index contributed by atoms with van der Waals surface area (Å²) in [5.41, 5.74) is 8.24. The van der Waals surface area contributed by atoms with Crippen LogP contribution in [0.25, 0.3) is 49.0 Å². The Morgan fingerprint density at radius 2 is 1.59 bits per heavy atom. The molecule has 0 bridgehead atoms. The van der Waals surface area contributed by atoms with E-state index < -0.39 is 0 Å². The molecule has 0 atom stereocenters. The van der Waals surface area contributed by atoms with Gasteiger partial charge in [-0.25, -0.2) is 8.96 Å². The number of para-hydroxylation sites is 1. The Balaban J connectivity index is 2.20. The number of aromatic nitrogens is 2. The van der Waals surface area contributed by atoms with Crippen LogP contribution in [0.4, 0.5) is 4.39 Å². The fourth-order valence-corrected chi connectivity index (χ4v) is 5.42. The number of hydrogen-bond donors (Lipinski definition) is 0. The van der Waals surface area contributed by atoms with E-state index in [9.17, 15) is 0 Å². The van der Waals surface area contributed by atoms with Crippen molar-refractivity contribution < 1.29 is 8.96 Å². The molecule has 0 N–H and O–H groups in total. The molecule has 3 heterocycles. The average Bonchev–Trinajstić information content (AvgIpc) is 3.07. The lowest BCUT2D eigenvalue weighted by molar-refractivity contribution is -0.643. The van der Waals surface area contributed by atoms with Crippen LogP contribution in [-0.2, 0) is 7.05 Å². The Morgan fingerprint density at radius 3 is 2.38 bits per heavy atom. The molecule has 0 aliphatic rings. The molecule has 3 aromatic heterocycles. The minimum atomic E-state index is -0.0990. The van der Waals surface area contributed by atoms with Gasteiger partial charge in [-0.2, -0.15) is 0 Å². The van der Waals surface area contributed by atoms with Crippen LogP contribution in [0.15, 0.2) is 42.6 Å². The second-order valence-electron chi connectivity index (χ2n) is 8.42. The first kappa shape index (κ1) is 16.7. The van der Waals surface area contributed by atoms with E-state index in [2.05, 4.69) is 72.5 Å². The minimum Gasteiger partial charge on any atom is -0.307 e. The van der Waals surface area contributed by atoms with Gasteiger partial charge < -0.3 is 4.40 Å². The van der Waals surface area contributed by atoms with Crippen LogP contribution in [0.2, 0.25) is 0 Å². The normalized spacial score (nSPS) is 12.5. The highest BCUT2D eigenvalue weighted by Gasteiger charge is 2.27. The molecule has 142 valence electrons. The van der Waals surface area contributed by atoms with E-state index in [0.29, 0.717) is 0 Å². The molecule has 29 heavy (non-hydrogen) atoms. The Bertz CT molecular complexity index is 1650. The maximum absolute atomic E-state index is 15.3. The quantitative estimate of drug-likeness (QED) is 0.168. The van der Waals surface area contributed by atoms with Gasteiger partial charge in [0.05, 0.1) is 27.3 Å². The Hall–Kier alpha value is -3.20. The molecule has 0 spiro atoms. The van der Waals surface area contributed by atoms with Gasteiger partial charge in [0.2, 0.25) is 5.52 Å². The molecule has 0 saturated heterocycles. The maximum Gasteiger partial charge on any atom is 0.224 e. The van der Waals surface area contributed by atoms with Crippen molar-refractivity contribution in [1.82, 2.24) is 4.40 Å². The molecule has 3 heteroatoms. The van der Waals surface area contributed by atoms with Crippen molar-refractivity contribution in [1.29, 1.82) is 0 Å². The number of hydrogen-bond acceptors (Lipinski definition) is 0. The average molecular weight is 381 g/mol. The number of aryl methyl sites for hydroxylation is 4. The Labute approximate surface area is 168 Å². The van der Waals surface area contributed by atoms with E-state index in [1.54, 1.807) is 0 Å². The van der Waals surface area contributed by atoms with Crippen molar-refractivity contribution in [2.24, 2.45) is 7.05 Å². The van der Waals surface area contributed by atoms with Crippen molar-refractivity contribution in [3.8, 4) is 0 Å². The number of halogens is 1. The third-order valence-electron chi connectivity index (χ3n) is 6.88. The standard InChI is InChI=1S/C26H22FN2/c1-13-12-17-10-11-28(5)25-21-14(2)15(3)23(27)16(4)24(21)29-19-9-7-6-8-18(19)20(13)26(29)22(17)25/h6-12H,1-5H3/q+1. The van der Waals surface area contributed by atoms with E-state index in [4.69, 9.17) is 0 Å². The van der Waals surface area contributed by atoms with Crippen LogP contribution in [-0.4, -0.2) is 4.40 Å². The van der Waals surface area contributed by atoms with Gasteiger partial charge in [0.15, 0.2) is 6.20 Å². The van der Waals surface area contributed by atoms with Gasteiger partial charge in [0.25, 0.3) is 0 Å². The molecule has 0 radical (unpaired) electrons. The first-order valence-corrected chi connectivity index (χ1v) is 10.1. The summed E-state index contributed by atoms with van der Waals surface area (Å²) in [5, 5.41) is 6.13. The van der Waals surface area contributed by atoms with Crippen molar-refractivity contribution in [2.75, 3.05) is 0 Å². The number of pyridine rings is 2. The summed E-state index contributed by atoms with van der Waals surface area (Å²) in [6, 6.07) is 13.0. The monoisotopic (exact) mass is 381 g/mol. The summed E-state index contributed by atoms with van der Waals surface area (Å²) in [6.45, 7) is 8.05. The molecule has 6 aromatic rings. The fourth-order valence-electron chi connectivity index (χ4n) is 5.42. The summed E-state index contributed by atoms with van der Waals surface area (Å²) in [6.07, 6.45) is 2.12. The topological polar surface area (TPSA) is 8.29 Å². The Morgan fingerprint density at radius 1 is 0.828 bits per heavy atom. The largest absolute Gasteiger partial charge is 0.307 e. The highest BCUT2D eigenvalue weighted by Crippen LogP contribution is 2.43. The first-order chi connectivity index (χ1) is 13.9. The lowest BCUT2D eigenvalue weighted by atomic mass is 9.94.